The van der Waals surface area contributed by atoms with Crippen LogP contribution >= 0.6 is 11.8 Å². The number of hydrogen-bond acceptors (Lipinski definition) is 5. The van der Waals surface area contributed by atoms with Crippen molar-refractivity contribution in [1.82, 2.24) is 9.80 Å². The van der Waals surface area contributed by atoms with Crippen LogP contribution < -0.4 is 9.47 Å². The zero-order chi connectivity index (χ0) is 17.1. The highest BCUT2D eigenvalue weighted by molar-refractivity contribution is 8.00. The van der Waals surface area contributed by atoms with Gasteiger partial charge in [0.15, 0.2) is 11.5 Å². The van der Waals surface area contributed by atoms with Gasteiger partial charge in [-0.25, -0.2) is 0 Å². The van der Waals surface area contributed by atoms with Crippen molar-refractivity contribution < 1.29 is 19.1 Å². The van der Waals surface area contributed by atoms with Gasteiger partial charge >= 0.3 is 0 Å². The van der Waals surface area contributed by atoms with Gasteiger partial charge in [-0.2, -0.15) is 0 Å². The van der Waals surface area contributed by atoms with Crippen LogP contribution in [0.3, 0.4) is 0 Å². The van der Waals surface area contributed by atoms with Gasteiger partial charge in [-0.05, 0) is 30.5 Å². The molecule has 2 aliphatic rings. The molecule has 2 amide bonds. The summed E-state index contributed by atoms with van der Waals surface area (Å²) in [5, 5.41) is -0.163. The number of ether oxygens (including phenoxy) is 2. The molecule has 0 spiro atoms. The van der Waals surface area contributed by atoms with Crippen LogP contribution in [0.5, 0.6) is 11.5 Å². The van der Waals surface area contributed by atoms with Crippen molar-refractivity contribution in [3.8, 4) is 11.5 Å². The van der Waals surface area contributed by atoms with Crippen molar-refractivity contribution in [2.75, 3.05) is 39.6 Å². The fourth-order valence-corrected chi connectivity index (χ4v) is 4.30. The van der Waals surface area contributed by atoms with E-state index in [1.165, 1.54) is 11.8 Å². The van der Waals surface area contributed by atoms with E-state index in [4.69, 9.17) is 9.47 Å². The zero-order valence-electron chi connectivity index (χ0n) is 14.0. The number of hydrogen-bond donors (Lipinski definition) is 0. The van der Waals surface area contributed by atoms with Gasteiger partial charge in [-0.3, -0.25) is 9.59 Å². The molecule has 0 bridgehead atoms. The van der Waals surface area contributed by atoms with Gasteiger partial charge in [0, 0.05) is 13.1 Å². The third-order valence-electron chi connectivity index (χ3n) is 4.43. The molecule has 1 unspecified atom stereocenters. The van der Waals surface area contributed by atoms with Crippen molar-refractivity contribution >= 4 is 23.6 Å². The minimum Gasteiger partial charge on any atom is -0.493 e. The largest absolute Gasteiger partial charge is 0.493 e. The summed E-state index contributed by atoms with van der Waals surface area (Å²) in [5.74, 6) is 1.71. The second-order valence-corrected chi connectivity index (χ2v) is 6.96. The van der Waals surface area contributed by atoms with E-state index in [0.29, 0.717) is 17.3 Å². The number of thioether (sulfide) groups is 1. The number of nitrogens with zero attached hydrogens (tertiary/aromatic N) is 2. The number of carbonyl (C=O) groups excluding carboxylic acids is 2. The van der Waals surface area contributed by atoms with Crippen molar-refractivity contribution in [3.63, 3.8) is 0 Å². The van der Waals surface area contributed by atoms with Gasteiger partial charge in [-0.1, -0.05) is 6.07 Å². The number of rotatable bonds is 5. The lowest BCUT2D eigenvalue weighted by Crippen LogP contribution is -2.40. The first-order valence-electron chi connectivity index (χ1n) is 8.05. The highest BCUT2D eigenvalue weighted by atomic mass is 32.2. The van der Waals surface area contributed by atoms with Crippen molar-refractivity contribution in [3.05, 3.63) is 23.8 Å². The smallest absolute Gasteiger partial charge is 0.242 e. The van der Waals surface area contributed by atoms with E-state index in [9.17, 15) is 9.59 Å². The number of benzene rings is 1. The lowest BCUT2D eigenvalue weighted by Gasteiger charge is -2.26. The quantitative estimate of drug-likeness (QED) is 0.812. The summed E-state index contributed by atoms with van der Waals surface area (Å²) in [4.78, 5) is 28.2. The van der Waals surface area contributed by atoms with Gasteiger partial charge in [0.2, 0.25) is 11.8 Å². The normalized spacial score (nSPS) is 20.6. The summed E-state index contributed by atoms with van der Waals surface area (Å²) >= 11 is 1.54. The number of carbonyl (C=O) groups is 2. The van der Waals surface area contributed by atoms with Gasteiger partial charge in [0.1, 0.15) is 11.9 Å². The summed E-state index contributed by atoms with van der Waals surface area (Å²) in [5.41, 5.74) is 0.942. The summed E-state index contributed by atoms with van der Waals surface area (Å²) in [6.07, 6.45) is 2.10. The van der Waals surface area contributed by atoms with Crippen molar-refractivity contribution in [2.24, 2.45) is 0 Å². The van der Waals surface area contributed by atoms with E-state index in [0.717, 1.165) is 31.5 Å². The molecule has 2 aliphatic heterocycles. The molecule has 0 aromatic heterocycles. The fraction of sp³-hybridized carbons (Fsp3) is 0.529. The number of amides is 2. The van der Waals surface area contributed by atoms with E-state index >= 15 is 0 Å². The maximum absolute atomic E-state index is 12.4. The van der Waals surface area contributed by atoms with Crippen LogP contribution in [0, 0.1) is 0 Å². The Hall–Kier alpha value is -1.89. The summed E-state index contributed by atoms with van der Waals surface area (Å²) < 4.78 is 10.6. The number of methoxy groups -OCH3 is 2. The Morgan fingerprint density at radius 3 is 2.58 bits per heavy atom. The summed E-state index contributed by atoms with van der Waals surface area (Å²) in [6, 6.07) is 5.63. The summed E-state index contributed by atoms with van der Waals surface area (Å²) in [6.45, 7) is 1.74. The third kappa shape index (κ3) is 3.31. The first-order valence-corrected chi connectivity index (χ1v) is 9.09. The van der Waals surface area contributed by atoms with Crippen LogP contribution in [0.1, 0.15) is 23.8 Å². The lowest BCUT2D eigenvalue weighted by molar-refractivity contribution is -0.138. The van der Waals surface area contributed by atoms with Crippen molar-refractivity contribution in [1.29, 1.82) is 0 Å². The summed E-state index contributed by atoms with van der Waals surface area (Å²) in [7, 11) is 3.18. The predicted octanol–water partition coefficient (Wildman–Crippen LogP) is 1.90. The van der Waals surface area contributed by atoms with Gasteiger partial charge in [0.25, 0.3) is 0 Å². The fourth-order valence-electron chi connectivity index (χ4n) is 3.12. The monoisotopic (exact) mass is 350 g/mol. The van der Waals surface area contributed by atoms with Crippen LogP contribution in [-0.2, 0) is 9.59 Å². The molecule has 0 radical (unpaired) electrons. The Kier molecular flexibility index (Phi) is 5.18. The highest BCUT2D eigenvalue weighted by Crippen LogP contribution is 2.41. The Balaban J connectivity index is 1.78. The standard InChI is InChI=1S/C17H22N2O4S/c1-22-13-6-5-12(9-14(13)23-2)17-19(16(21)11-24-17)10-15(20)18-7-3-4-8-18/h5-6,9,17H,3-4,7-8,10-11H2,1-2H3. The Labute approximate surface area is 146 Å². The Bertz CT molecular complexity index is 631. The molecule has 1 atom stereocenters. The molecule has 130 valence electrons. The van der Waals surface area contributed by atoms with Crippen LogP contribution in [-0.4, -0.2) is 61.2 Å². The molecule has 1 aromatic carbocycles. The first-order chi connectivity index (χ1) is 11.6. The second-order valence-electron chi connectivity index (χ2n) is 5.89. The first kappa shape index (κ1) is 17.0. The molecule has 24 heavy (non-hydrogen) atoms. The van der Waals surface area contributed by atoms with Crippen molar-refractivity contribution in [2.45, 2.75) is 18.2 Å². The molecule has 7 heteroatoms. The Morgan fingerprint density at radius 2 is 1.92 bits per heavy atom. The van der Waals surface area contributed by atoms with E-state index in [1.807, 2.05) is 23.1 Å². The van der Waals surface area contributed by atoms with Crippen LogP contribution in [0.25, 0.3) is 0 Å². The van der Waals surface area contributed by atoms with Gasteiger partial charge in [0.05, 0.1) is 20.0 Å². The van der Waals surface area contributed by atoms with Crippen LogP contribution in [0.4, 0.5) is 0 Å². The van der Waals surface area contributed by atoms with Gasteiger partial charge in [-0.15, -0.1) is 11.8 Å². The molecule has 0 aliphatic carbocycles. The maximum atomic E-state index is 12.4. The Morgan fingerprint density at radius 1 is 1.21 bits per heavy atom. The minimum absolute atomic E-state index is 0.00679. The average Bonchev–Trinajstić information content (AvgIpc) is 3.25. The SMILES string of the molecule is COc1ccc(C2SCC(=O)N2CC(=O)N2CCCC2)cc1OC. The molecule has 6 nitrogen and oxygen atoms in total. The van der Waals surface area contributed by atoms with E-state index < -0.39 is 0 Å². The van der Waals surface area contributed by atoms with Crippen LogP contribution in [0.2, 0.25) is 0 Å². The predicted molar refractivity (Wildman–Crippen MR) is 92.3 cm³/mol. The molecular formula is C17H22N2O4S. The van der Waals surface area contributed by atoms with Gasteiger partial charge < -0.3 is 19.3 Å². The molecule has 0 saturated carbocycles. The van der Waals surface area contributed by atoms with E-state index in [1.54, 1.807) is 19.1 Å². The maximum Gasteiger partial charge on any atom is 0.242 e. The number of likely N-dealkylation sites (tertiary alicyclic amines) is 1. The van der Waals surface area contributed by atoms with E-state index in [-0.39, 0.29) is 23.7 Å². The molecule has 3 rings (SSSR count). The van der Waals surface area contributed by atoms with E-state index in [2.05, 4.69) is 0 Å². The van der Waals surface area contributed by atoms with Crippen LogP contribution in [0.15, 0.2) is 18.2 Å². The third-order valence-corrected chi connectivity index (χ3v) is 5.68. The molecule has 2 fully saturated rings. The molecule has 2 heterocycles. The lowest BCUT2D eigenvalue weighted by atomic mass is 10.1. The average molecular weight is 350 g/mol. The topological polar surface area (TPSA) is 59.1 Å². The molecule has 2 saturated heterocycles. The molecule has 0 N–H and O–H groups in total. The minimum atomic E-state index is -0.163. The second kappa shape index (κ2) is 7.34. The zero-order valence-corrected chi connectivity index (χ0v) is 14.8. The molecular weight excluding hydrogens is 328 g/mol. The highest BCUT2D eigenvalue weighted by Gasteiger charge is 2.35. The molecule has 1 aromatic rings.